The van der Waals surface area contributed by atoms with Gasteiger partial charge in [0, 0.05) is 11.8 Å². The molecule has 0 saturated carbocycles. The molecular formula is C12H14. The van der Waals surface area contributed by atoms with E-state index in [0.29, 0.717) is 11.8 Å². The molecule has 0 aliphatic heterocycles. The van der Waals surface area contributed by atoms with E-state index in [-0.39, 0.29) is 0 Å². The van der Waals surface area contributed by atoms with Gasteiger partial charge in [0.25, 0.3) is 0 Å². The van der Waals surface area contributed by atoms with Crippen LogP contribution in [0.1, 0.15) is 12.8 Å². The predicted molar refractivity (Wildman–Crippen MR) is 50.6 cm³/mol. The standard InChI is InChI=1S/C12H14/c1-2-10-4-3-9(1)11-5-7-12(10)8-6-11/h1-5,7,9-12H,6,8H2/t9?,10?,11-,12-/m0/s1. The summed E-state index contributed by atoms with van der Waals surface area (Å²) in [6.45, 7) is 0. The summed E-state index contributed by atoms with van der Waals surface area (Å²) in [5, 5.41) is 0. The Morgan fingerprint density at radius 3 is 1.33 bits per heavy atom. The van der Waals surface area contributed by atoms with Crippen molar-refractivity contribution in [1.29, 1.82) is 0 Å². The van der Waals surface area contributed by atoms with Crippen molar-refractivity contribution in [2.45, 2.75) is 12.8 Å². The van der Waals surface area contributed by atoms with Crippen LogP contribution >= 0.6 is 0 Å². The average molecular weight is 158 g/mol. The Morgan fingerprint density at radius 2 is 1.00 bits per heavy atom. The Bertz CT molecular complexity index is 227. The molecule has 0 heterocycles. The van der Waals surface area contributed by atoms with E-state index in [2.05, 4.69) is 36.5 Å². The van der Waals surface area contributed by atoms with Gasteiger partial charge in [0.15, 0.2) is 0 Å². The van der Waals surface area contributed by atoms with Crippen LogP contribution in [0.4, 0.5) is 0 Å². The summed E-state index contributed by atoms with van der Waals surface area (Å²) in [4.78, 5) is 0. The molecule has 6 aliphatic rings. The third-order valence-electron chi connectivity index (χ3n) is 3.54. The van der Waals surface area contributed by atoms with Crippen LogP contribution in [-0.4, -0.2) is 0 Å². The van der Waals surface area contributed by atoms with Crippen LogP contribution in [0.3, 0.4) is 0 Å². The first-order valence-corrected chi connectivity index (χ1v) is 4.98. The summed E-state index contributed by atoms with van der Waals surface area (Å²) in [6, 6.07) is 0. The van der Waals surface area contributed by atoms with Gasteiger partial charge in [-0.2, -0.15) is 0 Å². The molecule has 0 heteroatoms. The summed E-state index contributed by atoms with van der Waals surface area (Å²) >= 11 is 0. The van der Waals surface area contributed by atoms with Crippen LogP contribution in [0.5, 0.6) is 0 Å². The molecule has 6 aliphatic carbocycles. The van der Waals surface area contributed by atoms with Crippen molar-refractivity contribution in [3.8, 4) is 0 Å². The van der Waals surface area contributed by atoms with Gasteiger partial charge in [-0.25, -0.2) is 0 Å². The van der Waals surface area contributed by atoms with Gasteiger partial charge in [0.05, 0.1) is 0 Å². The van der Waals surface area contributed by atoms with Crippen LogP contribution in [0.25, 0.3) is 0 Å². The van der Waals surface area contributed by atoms with Crippen LogP contribution in [0, 0.1) is 23.7 Å². The van der Waals surface area contributed by atoms with Crippen molar-refractivity contribution in [2.24, 2.45) is 23.7 Å². The highest BCUT2D eigenvalue weighted by atomic mass is 14.3. The molecule has 4 bridgehead atoms. The van der Waals surface area contributed by atoms with Crippen molar-refractivity contribution in [1.82, 2.24) is 0 Å². The molecule has 0 fully saturated rings. The van der Waals surface area contributed by atoms with Gasteiger partial charge >= 0.3 is 0 Å². The summed E-state index contributed by atoms with van der Waals surface area (Å²) in [5.41, 5.74) is 0. The quantitative estimate of drug-likeness (QED) is 0.475. The third kappa shape index (κ3) is 0.841. The SMILES string of the molecule is C1=CC2C=CC1[C@H]1C=C[C@H]2CC1. The van der Waals surface area contributed by atoms with Crippen molar-refractivity contribution in [2.75, 3.05) is 0 Å². The van der Waals surface area contributed by atoms with E-state index >= 15 is 0 Å². The lowest BCUT2D eigenvalue weighted by molar-refractivity contribution is 0.359. The monoisotopic (exact) mass is 158 g/mol. The molecule has 0 aromatic heterocycles. The molecule has 0 saturated heterocycles. The number of hydrogen-bond acceptors (Lipinski definition) is 0. The highest BCUT2D eigenvalue weighted by molar-refractivity contribution is 5.24. The van der Waals surface area contributed by atoms with Crippen LogP contribution in [0.2, 0.25) is 0 Å². The lowest BCUT2D eigenvalue weighted by Gasteiger charge is -2.35. The molecule has 0 N–H and O–H groups in total. The minimum Gasteiger partial charge on any atom is -0.0842 e. The fourth-order valence-corrected chi connectivity index (χ4v) is 2.72. The summed E-state index contributed by atoms with van der Waals surface area (Å²) in [5.74, 6) is 3.02. The first kappa shape index (κ1) is 6.71. The van der Waals surface area contributed by atoms with Crippen molar-refractivity contribution < 1.29 is 0 Å². The van der Waals surface area contributed by atoms with Crippen LogP contribution < -0.4 is 0 Å². The normalized spacial score (nSPS) is 48.0. The molecule has 0 unspecified atom stereocenters. The maximum atomic E-state index is 2.44. The molecule has 6 rings (SSSR count). The molecule has 12 heavy (non-hydrogen) atoms. The van der Waals surface area contributed by atoms with E-state index in [1.807, 2.05) is 0 Å². The minimum absolute atomic E-state index is 0.707. The smallest absolute Gasteiger partial charge is 0.000981 e. The van der Waals surface area contributed by atoms with Gasteiger partial charge in [-0.05, 0) is 24.7 Å². The topological polar surface area (TPSA) is 0 Å². The highest BCUT2D eigenvalue weighted by Gasteiger charge is 2.29. The Hall–Kier alpha value is -0.780. The van der Waals surface area contributed by atoms with E-state index in [1.54, 1.807) is 0 Å². The molecule has 0 nitrogen and oxygen atoms in total. The summed E-state index contributed by atoms with van der Waals surface area (Å²) < 4.78 is 0. The zero-order valence-corrected chi connectivity index (χ0v) is 7.19. The molecule has 62 valence electrons. The first-order valence-electron chi connectivity index (χ1n) is 4.98. The van der Waals surface area contributed by atoms with Crippen LogP contribution in [0.15, 0.2) is 36.5 Å². The Kier molecular flexibility index (Phi) is 1.31. The van der Waals surface area contributed by atoms with Crippen molar-refractivity contribution in [3.63, 3.8) is 0 Å². The van der Waals surface area contributed by atoms with E-state index in [0.717, 1.165) is 11.8 Å². The molecule has 0 spiro atoms. The molecule has 2 atom stereocenters. The molecule has 0 aromatic rings. The van der Waals surface area contributed by atoms with Gasteiger partial charge < -0.3 is 0 Å². The van der Waals surface area contributed by atoms with Gasteiger partial charge in [0.1, 0.15) is 0 Å². The van der Waals surface area contributed by atoms with E-state index < -0.39 is 0 Å². The predicted octanol–water partition coefficient (Wildman–Crippen LogP) is 2.94. The third-order valence-corrected chi connectivity index (χ3v) is 3.54. The minimum atomic E-state index is 0.707. The largest absolute Gasteiger partial charge is 0.0842 e. The van der Waals surface area contributed by atoms with Crippen molar-refractivity contribution >= 4 is 0 Å². The summed E-state index contributed by atoms with van der Waals surface area (Å²) in [6.07, 6.45) is 17.3. The fraction of sp³-hybridized carbons (Fsp3) is 0.500. The molecule has 0 radical (unpaired) electrons. The lowest BCUT2D eigenvalue weighted by atomic mass is 9.70. The average Bonchev–Trinajstić information content (AvgIpc) is 2.13. The van der Waals surface area contributed by atoms with E-state index in [4.69, 9.17) is 0 Å². The first-order chi connectivity index (χ1) is 5.93. The Balaban J connectivity index is 2.08. The Labute approximate surface area is 73.7 Å². The van der Waals surface area contributed by atoms with Gasteiger partial charge in [0.2, 0.25) is 0 Å². The zero-order chi connectivity index (χ0) is 7.97. The van der Waals surface area contributed by atoms with Gasteiger partial charge in [-0.15, -0.1) is 0 Å². The van der Waals surface area contributed by atoms with E-state index in [1.165, 1.54) is 12.8 Å². The molecule has 0 amide bonds. The second-order valence-electron chi connectivity index (χ2n) is 4.21. The maximum Gasteiger partial charge on any atom is 0.000981 e. The Morgan fingerprint density at radius 1 is 0.583 bits per heavy atom. The van der Waals surface area contributed by atoms with Crippen molar-refractivity contribution in [3.05, 3.63) is 36.5 Å². The van der Waals surface area contributed by atoms with E-state index in [9.17, 15) is 0 Å². The summed E-state index contributed by atoms with van der Waals surface area (Å²) in [7, 11) is 0. The zero-order valence-electron chi connectivity index (χ0n) is 7.19. The number of rotatable bonds is 0. The molecular weight excluding hydrogens is 144 g/mol. The van der Waals surface area contributed by atoms with Gasteiger partial charge in [-0.3, -0.25) is 0 Å². The maximum absolute atomic E-state index is 2.44. The van der Waals surface area contributed by atoms with Crippen LogP contribution in [-0.2, 0) is 0 Å². The second kappa shape index (κ2) is 2.35. The van der Waals surface area contributed by atoms with Gasteiger partial charge in [-0.1, -0.05) is 36.5 Å². The number of allylic oxidation sites excluding steroid dienone is 6. The molecule has 0 aromatic carbocycles. The second-order valence-corrected chi connectivity index (χ2v) is 4.21. The lowest BCUT2D eigenvalue weighted by Crippen LogP contribution is -2.25. The number of hydrogen-bond donors (Lipinski definition) is 0. The highest BCUT2D eigenvalue weighted by Crippen LogP contribution is 2.40. The fourth-order valence-electron chi connectivity index (χ4n) is 2.72.